The van der Waals surface area contributed by atoms with Crippen molar-refractivity contribution in [3.8, 4) is 10.6 Å². The van der Waals surface area contributed by atoms with Gasteiger partial charge in [-0.15, -0.1) is 11.3 Å². The molecule has 2 aromatic rings. The number of benzene rings is 1. The van der Waals surface area contributed by atoms with Crippen molar-refractivity contribution in [3.63, 3.8) is 0 Å². The molecule has 1 saturated heterocycles. The van der Waals surface area contributed by atoms with Gasteiger partial charge in [-0.2, -0.15) is 0 Å². The van der Waals surface area contributed by atoms with Gasteiger partial charge in [-0.05, 0) is 44.7 Å². The van der Waals surface area contributed by atoms with Gasteiger partial charge in [0.15, 0.2) is 0 Å². The van der Waals surface area contributed by atoms with Crippen LogP contribution in [0.25, 0.3) is 10.6 Å². The Balaban J connectivity index is 1.68. The van der Waals surface area contributed by atoms with E-state index >= 15 is 0 Å². The molecule has 3 rings (SSSR count). The summed E-state index contributed by atoms with van der Waals surface area (Å²) in [5, 5.41) is 4.67. The summed E-state index contributed by atoms with van der Waals surface area (Å²) in [4.78, 5) is 18.2. The largest absolute Gasteiger partial charge is 0.381 e. The van der Waals surface area contributed by atoms with E-state index in [-0.39, 0.29) is 17.9 Å². The van der Waals surface area contributed by atoms with E-state index in [1.54, 1.807) is 11.3 Å². The Labute approximate surface area is 162 Å². The van der Waals surface area contributed by atoms with Crippen molar-refractivity contribution in [1.29, 1.82) is 0 Å². The summed E-state index contributed by atoms with van der Waals surface area (Å²) in [5.74, 6) is 0.0772. The summed E-state index contributed by atoms with van der Waals surface area (Å²) in [5.41, 5.74) is 8.12. The van der Waals surface area contributed by atoms with E-state index in [1.807, 2.05) is 38.1 Å². The molecule has 1 aromatic heterocycles. The number of nitrogens with one attached hydrogen (secondary N) is 1. The van der Waals surface area contributed by atoms with Crippen molar-refractivity contribution in [3.05, 3.63) is 39.9 Å². The summed E-state index contributed by atoms with van der Waals surface area (Å²) in [6.07, 6.45) is 1.67. The number of halogens is 1. The van der Waals surface area contributed by atoms with E-state index < -0.39 is 6.04 Å². The molecule has 0 spiro atoms. The lowest BCUT2D eigenvalue weighted by atomic mass is 9.91. The summed E-state index contributed by atoms with van der Waals surface area (Å²) in [7, 11) is 0. The highest BCUT2D eigenvalue weighted by molar-refractivity contribution is 7.15. The summed E-state index contributed by atoms with van der Waals surface area (Å²) >= 11 is 7.54. The second-order valence-electron chi connectivity index (χ2n) is 6.68. The van der Waals surface area contributed by atoms with Gasteiger partial charge in [0.05, 0.1) is 22.7 Å². The maximum Gasteiger partial charge on any atom is 0.237 e. The number of rotatable bonds is 5. The smallest absolute Gasteiger partial charge is 0.237 e. The fourth-order valence-electron chi connectivity index (χ4n) is 3.19. The second-order valence-corrected chi connectivity index (χ2v) is 8.15. The Morgan fingerprint density at radius 2 is 2.00 bits per heavy atom. The Bertz CT molecular complexity index is 757. The highest BCUT2D eigenvalue weighted by atomic mass is 35.5. The average molecular weight is 394 g/mol. The quantitative estimate of drug-likeness (QED) is 0.811. The number of carbonyl (C=O) groups is 1. The van der Waals surface area contributed by atoms with Gasteiger partial charge < -0.3 is 15.8 Å². The number of thiazole rings is 1. The number of ether oxygens (including phenoxy) is 1. The van der Waals surface area contributed by atoms with Crippen molar-refractivity contribution < 1.29 is 9.53 Å². The molecular weight excluding hydrogens is 370 g/mol. The predicted molar refractivity (Wildman–Crippen MR) is 105 cm³/mol. The molecule has 1 amide bonds. The molecule has 0 bridgehead atoms. The molecule has 2 atom stereocenters. The Kier molecular flexibility index (Phi) is 6.29. The normalized spacial score (nSPS) is 17.7. The molecule has 2 heterocycles. The molecule has 1 aliphatic rings. The van der Waals surface area contributed by atoms with E-state index in [0.717, 1.165) is 34.0 Å². The molecule has 0 radical (unpaired) electrons. The van der Waals surface area contributed by atoms with E-state index in [9.17, 15) is 4.79 Å². The van der Waals surface area contributed by atoms with Crippen LogP contribution in [0.4, 0.5) is 0 Å². The maximum atomic E-state index is 12.5. The molecule has 1 aromatic carbocycles. The molecule has 140 valence electrons. The van der Waals surface area contributed by atoms with Crippen molar-refractivity contribution >= 4 is 28.8 Å². The summed E-state index contributed by atoms with van der Waals surface area (Å²) < 4.78 is 5.35. The Morgan fingerprint density at radius 1 is 1.35 bits per heavy atom. The van der Waals surface area contributed by atoms with Gasteiger partial charge in [-0.3, -0.25) is 4.79 Å². The minimum absolute atomic E-state index is 0.106. The summed E-state index contributed by atoms with van der Waals surface area (Å²) in [6, 6.07) is 6.98. The lowest BCUT2D eigenvalue weighted by Gasteiger charge is -2.27. The molecule has 26 heavy (non-hydrogen) atoms. The third kappa shape index (κ3) is 4.43. The highest BCUT2D eigenvalue weighted by Gasteiger charge is 2.28. The van der Waals surface area contributed by atoms with Gasteiger partial charge in [0.25, 0.3) is 0 Å². The van der Waals surface area contributed by atoms with Crippen LogP contribution in [-0.4, -0.2) is 30.1 Å². The third-order valence-electron chi connectivity index (χ3n) is 4.75. The molecule has 3 N–H and O–H groups in total. The average Bonchev–Trinajstić information content (AvgIpc) is 3.04. The highest BCUT2D eigenvalue weighted by Crippen LogP contribution is 2.32. The minimum Gasteiger partial charge on any atom is -0.381 e. The molecule has 5 nitrogen and oxygen atoms in total. The lowest BCUT2D eigenvalue weighted by Crippen LogP contribution is -2.47. The zero-order chi connectivity index (χ0) is 18.7. The van der Waals surface area contributed by atoms with Crippen LogP contribution < -0.4 is 11.1 Å². The first-order valence-electron chi connectivity index (χ1n) is 8.82. The van der Waals surface area contributed by atoms with Crippen LogP contribution in [-0.2, 0) is 9.53 Å². The van der Waals surface area contributed by atoms with Crippen LogP contribution in [0.3, 0.4) is 0 Å². The number of amides is 1. The van der Waals surface area contributed by atoms with Gasteiger partial charge in [0.2, 0.25) is 5.91 Å². The van der Waals surface area contributed by atoms with Gasteiger partial charge >= 0.3 is 0 Å². The number of carbonyl (C=O) groups excluding carboxylic acids is 1. The van der Waals surface area contributed by atoms with E-state index in [4.69, 9.17) is 22.1 Å². The number of nitrogens with zero attached hydrogens (tertiary/aromatic N) is 1. The van der Waals surface area contributed by atoms with Gasteiger partial charge in [-0.1, -0.05) is 23.7 Å². The fraction of sp³-hybridized carbons (Fsp3) is 0.474. The van der Waals surface area contributed by atoms with Crippen molar-refractivity contribution in [2.24, 2.45) is 11.7 Å². The molecule has 7 heteroatoms. The second kappa shape index (κ2) is 8.48. The molecule has 0 aliphatic carbocycles. The monoisotopic (exact) mass is 393 g/mol. The number of aromatic nitrogens is 1. The van der Waals surface area contributed by atoms with Crippen LogP contribution in [0.2, 0.25) is 5.02 Å². The Hall–Kier alpha value is -1.47. The van der Waals surface area contributed by atoms with Gasteiger partial charge in [0.1, 0.15) is 5.01 Å². The summed E-state index contributed by atoms with van der Waals surface area (Å²) in [6.45, 7) is 5.30. The van der Waals surface area contributed by atoms with Crippen LogP contribution in [0, 0.1) is 12.8 Å². The molecule has 0 saturated carbocycles. The number of hydrogen-bond acceptors (Lipinski definition) is 5. The molecule has 2 unspecified atom stereocenters. The van der Waals surface area contributed by atoms with Crippen LogP contribution >= 0.6 is 22.9 Å². The first-order valence-corrected chi connectivity index (χ1v) is 10.0. The van der Waals surface area contributed by atoms with Gasteiger partial charge in [0, 0.05) is 23.8 Å². The maximum absolute atomic E-state index is 12.5. The SMILES string of the molecule is Cc1nc(-c2ccc(Cl)cc2)sc1C(C)NC(=O)C(N)C1CCOCC1. The number of hydrogen-bond donors (Lipinski definition) is 2. The van der Waals surface area contributed by atoms with Crippen LogP contribution in [0.1, 0.15) is 36.4 Å². The number of aryl methyl sites for hydroxylation is 1. The number of nitrogens with two attached hydrogens (primary N) is 1. The van der Waals surface area contributed by atoms with Crippen molar-refractivity contribution in [2.45, 2.75) is 38.8 Å². The van der Waals surface area contributed by atoms with Crippen LogP contribution in [0.15, 0.2) is 24.3 Å². The Morgan fingerprint density at radius 3 is 2.65 bits per heavy atom. The zero-order valence-electron chi connectivity index (χ0n) is 15.0. The van der Waals surface area contributed by atoms with Crippen molar-refractivity contribution in [1.82, 2.24) is 10.3 Å². The lowest BCUT2D eigenvalue weighted by molar-refractivity contribution is -0.125. The van der Waals surface area contributed by atoms with Gasteiger partial charge in [-0.25, -0.2) is 4.98 Å². The van der Waals surface area contributed by atoms with Crippen molar-refractivity contribution in [2.75, 3.05) is 13.2 Å². The zero-order valence-corrected chi connectivity index (χ0v) is 16.6. The van der Waals surface area contributed by atoms with Crippen LogP contribution in [0.5, 0.6) is 0 Å². The van der Waals surface area contributed by atoms with E-state index in [1.165, 1.54) is 0 Å². The first-order chi connectivity index (χ1) is 12.5. The minimum atomic E-state index is -0.495. The first kappa shape index (κ1) is 19.3. The fourth-order valence-corrected chi connectivity index (χ4v) is 4.39. The topological polar surface area (TPSA) is 77.2 Å². The molecule has 1 aliphatic heterocycles. The molecular formula is C19H24ClN3O2S. The predicted octanol–water partition coefficient (Wildman–Crippen LogP) is 3.70. The van der Waals surface area contributed by atoms with E-state index in [2.05, 4.69) is 10.3 Å². The van der Waals surface area contributed by atoms with E-state index in [0.29, 0.717) is 18.2 Å². The third-order valence-corrected chi connectivity index (χ3v) is 6.39. The molecule has 1 fully saturated rings. The standard InChI is InChI=1S/C19H24ClN3O2S/c1-11(22-18(24)16(21)13-7-9-25-10-8-13)17-12(2)23-19(26-17)14-3-5-15(20)6-4-14/h3-6,11,13,16H,7-10,21H2,1-2H3,(H,22,24).